The van der Waals surface area contributed by atoms with Crippen LogP contribution in [0.3, 0.4) is 0 Å². The first-order chi connectivity index (χ1) is 10.2. The molecule has 0 saturated carbocycles. The largest absolute Gasteiger partial charge is 0.485 e. The van der Waals surface area contributed by atoms with Gasteiger partial charge in [0.05, 0.1) is 0 Å². The van der Waals surface area contributed by atoms with Crippen molar-refractivity contribution in [3.63, 3.8) is 0 Å². The van der Waals surface area contributed by atoms with Crippen LogP contribution in [0.2, 0.25) is 0 Å². The fourth-order valence-electron chi connectivity index (χ4n) is 2.26. The van der Waals surface area contributed by atoms with Crippen LogP contribution < -0.4 is 20.3 Å². The van der Waals surface area contributed by atoms with Gasteiger partial charge in [0, 0.05) is 18.2 Å². The standard InChI is InChI=1S/C15H16N2O4/c18-11-5-3-4-10(8-11)16-17-15(19)14-9-20-12-6-1-2-7-13(12)21-14/h1-2,6-8,14,16H,3-5,9H2,(H,17,19)/t14-/m1/s1. The maximum absolute atomic E-state index is 12.0. The molecule has 0 unspecified atom stereocenters. The van der Waals surface area contributed by atoms with Crippen LogP contribution in [-0.2, 0) is 9.59 Å². The first-order valence-electron chi connectivity index (χ1n) is 6.90. The Kier molecular flexibility index (Phi) is 3.77. The second kappa shape index (κ2) is 5.87. The average Bonchev–Trinajstić information content (AvgIpc) is 2.52. The van der Waals surface area contributed by atoms with Gasteiger partial charge in [-0.2, -0.15) is 0 Å². The number of para-hydroxylation sites is 2. The van der Waals surface area contributed by atoms with Gasteiger partial charge in [-0.3, -0.25) is 15.0 Å². The number of benzene rings is 1. The van der Waals surface area contributed by atoms with E-state index >= 15 is 0 Å². The Balaban J connectivity index is 1.56. The number of rotatable bonds is 3. The molecule has 0 bridgehead atoms. The van der Waals surface area contributed by atoms with Crippen molar-refractivity contribution in [2.45, 2.75) is 25.4 Å². The molecule has 1 heterocycles. The highest BCUT2D eigenvalue weighted by atomic mass is 16.6. The number of hydrogen-bond acceptors (Lipinski definition) is 5. The van der Waals surface area contributed by atoms with Crippen molar-refractivity contribution in [3.05, 3.63) is 36.0 Å². The molecule has 1 aliphatic heterocycles. The van der Waals surface area contributed by atoms with Crippen LogP contribution in [0.15, 0.2) is 36.0 Å². The summed E-state index contributed by atoms with van der Waals surface area (Å²) in [7, 11) is 0. The smallest absolute Gasteiger partial charge is 0.282 e. The zero-order chi connectivity index (χ0) is 14.7. The van der Waals surface area contributed by atoms with Gasteiger partial charge >= 0.3 is 0 Å². The highest BCUT2D eigenvalue weighted by Crippen LogP contribution is 2.30. The van der Waals surface area contributed by atoms with E-state index in [4.69, 9.17) is 9.47 Å². The molecule has 110 valence electrons. The molecule has 0 fully saturated rings. The van der Waals surface area contributed by atoms with E-state index in [1.54, 1.807) is 12.1 Å². The molecule has 0 saturated heterocycles. The van der Waals surface area contributed by atoms with Gasteiger partial charge in [0.15, 0.2) is 17.3 Å². The highest BCUT2D eigenvalue weighted by Gasteiger charge is 2.27. The molecule has 6 nitrogen and oxygen atoms in total. The second-order valence-corrected chi connectivity index (χ2v) is 4.97. The number of nitrogens with one attached hydrogen (secondary N) is 2. The molecule has 0 radical (unpaired) electrons. The van der Waals surface area contributed by atoms with Crippen molar-refractivity contribution in [3.8, 4) is 11.5 Å². The number of hydrazine groups is 1. The summed E-state index contributed by atoms with van der Waals surface area (Å²) >= 11 is 0. The number of amides is 1. The molecule has 1 aromatic rings. The van der Waals surface area contributed by atoms with Gasteiger partial charge in [-0.15, -0.1) is 0 Å². The fraction of sp³-hybridized carbons (Fsp3) is 0.333. The maximum Gasteiger partial charge on any atom is 0.282 e. The van der Waals surface area contributed by atoms with Gasteiger partial charge in [-0.1, -0.05) is 12.1 Å². The van der Waals surface area contributed by atoms with Crippen LogP contribution in [-0.4, -0.2) is 24.4 Å². The van der Waals surface area contributed by atoms with Gasteiger partial charge in [0.1, 0.15) is 6.61 Å². The van der Waals surface area contributed by atoms with E-state index < -0.39 is 6.10 Å². The summed E-state index contributed by atoms with van der Waals surface area (Å²) in [4.78, 5) is 23.3. The number of allylic oxidation sites excluding steroid dienone is 2. The zero-order valence-electron chi connectivity index (χ0n) is 11.4. The van der Waals surface area contributed by atoms with Gasteiger partial charge in [-0.25, -0.2) is 0 Å². The second-order valence-electron chi connectivity index (χ2n) is 4.97. The Labute approximate surface area is 122 Å². The van der Waals surface area contributed by atoms with Gasteiger partial charge in [-0.05, 0) is 25.0 Å². The predicted octanol–water partition coefficient (Wildman–Crippen LogP) is 1.08. The van der Waals surface area contributed by atoms with Gasteiger partial charge in [0.25, 0.3) is 5.91 Å². The summed E-state index contributed by atoms with van der Waals surface area (Å²) in [5, 5.41) is 0. The third kappa shape index (κ3) is 3.16. The van der Waals surface area contributed by atoms with Crippen LogP contribution in [0.5, 0.6) is 11.5 Å². The number of ether oxygens (including phenoxy) is 2. The molecular weight excluding hydrogens is 272 g/mol. The lowest BCUT2D eigenvalue weighted by Crippen LogP contribution is -2.49. The first-order valence-corrected chi connectivity index (χ1v) is 6.90. The minimum absolute atomic E-state index is 0.0733. The summed E-state index contributed by atoms with van der Waals surface area (Å²) in [6.45, 7) is 0.155. The molecule has 6 heteroatoms. The Hall–Kier alpha value is -2.50. The minimum Gasteiger partial charge on any atom is -0.485 e. The Morgan fingerprint density at radius 1 is 1.19 bits per heavy atom. The van der Waals surface area contributed by atoms with Crippen LogP contribution >= 0.6 is 0 Å². The lowest BCUT2D eigenvalue weighted by Gasteiger charge is -2.26. The summed E-state index contributed by atoms with van der Waals surface area (Å²) < 4.78 is 11.1. The van der Waals surface area contributed by atoms with E-state index in [0.29, 0.717) is 17.9 Å². The molecule has 0 spiro atoms. The van der Waals surface area contributed by atoms with Gasteiger partial charge in [0.2, 0.25) is 6.10 Å². The lowest BCUT2D eigenvalue weighted by atomic mass is 10.0. The number of carbonyl (C=O) groups excluding carboxylic acids is 2. The Bertz CT molecular complexity index is 597. The van der Waals surface area contributed by atoms with Crippen molar-refractivity contribution in [1.29, 1.82) is 0 Å². The normalized spacial score (nSPS) is 20.5. The number of fused-ring (bicyclic) bond motifs is 1. The third-order valence-electron chi connectivity index (χ3n) is 3.35. The summed E-state index contributed by atoms with van der Waals surface area (Å²) in [6, 6.07) is 7.21. The van der Waals surface area contributed by atoms with Crippen LogP contribution in [0.4, 0.5) is 0 Å². The zero-order valence-corrected chi connectivity index (χ0v) is 11.4. The monoisotopic (exact) mass is 288 g/mol. The minimum atomic E-state index is -0.715. The Morgan fingerprint density at radius 2 is 2.00 bits per heavy atom. The number of carbonyl (C=O) groups is 2. The van der Waals surface area contributed by atoms with Crippen LogP contribution in [0, 0.1) is 0 Å². The van der Waals surface area contributed by atoms with Crippen molar-refractivity contribution in [2.24, 2.45) is 0 Å². The molecule has 3 rings (SSSR count). The molecule has 21 heavy (non-hydrogen) atoms. The molecular formula is C15H16N2O4. The topological polar surface area (TPSA) is 76.7 Å². The summed E-state index contributed by atoms with van der Waals surface area (Å²) in [6.07, 6.45) is 2.92. The summed E-state index contributed by atoms with van der Waals surface area (Å²) in [5.74, 6) is 0.929. The fourth-order valence-corrected chi connectivity index (χ4v) is 2.26. The SMILES string of the molecule is O=C1C=C(NNC(=O)[C@H]2COc3ccccc3O2)CCC1. The van der Waals surface area contributed by atoms with E-state index in [-0.39, 0.29) is 18.3 Å². The number of hydrogen-bond donors (Lipinski definition) is 2. The third-order valence-corrected chi connectivity index (χ3v) is 3.35. The molecule has 2 aliphatic rings. The molecule has 1 atom stereocenters. The molecule has 0 aromatic heterocycles. The van der Waals surface area contributed by atoms with Crippen molar-refractivity contribution < 1.29 is 19.1 Å². The van der Waals surface area contributed by atoms with Crippen LogP contribution in [0.25, 0.3) is 0 Å². The van der Waals surface area contributed by atoms with Crippen molar-refractivity contribution in [2.75, 3.05) is 6.61 Å². The van der Waals surface area contributed by atoms with E-state index in [2.05, 4.69) is 10.9 Å². The van der Waals surface area contributed by atoms with E-state index in [0.717, 1.165) is 18.5 Å². The van der Waals surface area contributed by atoms with Gasteiger partial charge < -0.3 is 14.9 Å². The molecule has 1 aromatic carbocycles. The maximum atomic E-state index is 12.0. The van der Waals surface area contributed by atoms with Crippen molar-refractivity contribution >= 4 is 11.7 Å². The Morgan fingerprint density at radius 3 is 2.81 bits per heavy atom. The molecule has 1 aliphatic carbocycles. The van der Waals surface area contributed by atoms with E-state index in [1.807, 2.05) is 12.1 Å². The lowest BCUT2D eigenvalue weighted by molar-refractivity contribution is -0.131. The van der Waals surface area contributed by atoms with E-state index in [9.17, 15) is 9.59 Å². The molecule has 1 amide bonds. The summed E-state index contributed by atoms with van der Waals surface area (Å²) in [5.41, 5.74) is 6.06. The number of ketones is 1. The highest BCUT2D eigenvalue weighted by molar-refractivity contribution is 5.91. The quantitative estimate of drug-likeness (QED) is 0.814. The molecule has 2 N–H and O–H groups in total. The van der Waals surface area contributed by atoms with E-state index in [1.165, 1.54) is 6.08 Å². The van der Waals surface area contributed by atoms with Crippen LogP contribution in [0.1, 0.15) is 19.3 Å². The average molecular weight is 288 g/mol. The first kappa shape index (κ1) is 13.5. The predicted molar refractivity (Wildman–Crippen MR) is 74.6 cm³/mol. The van der Waals surface area contributed by atoms with Crippen molar-refractivity contribution in [1.82, 2.24) is 10.9 Å².